The van der Waals surface area contributed by atoms with Crippen molar-refractivity contribution in [1.82, 2.24) is 19.9 Å². The summed E-state index contributed by atoms with van der Waals surface area (Å²) in [5, 5.41) is 1.23. The van der Waals surface area contributed by atoms with Crippen molar-refractivity contribution >= 4 is 27.4 Å². The molecule has 6 heteroatoms. The lowest BCUT2D eigenvalue weighted by Gasteiger charge is -2.21. The molecule has 5 rings (SSSR count). The molecule has 4 aromatic heterocycles. The molecule has 0 bridgehead atoms. The van der Waals surface area contributed by atoms with Gasteiger partial charge in [0.15, 0.2) is 5.82 Å². The first kappa shape index (κ1) is 17.3. The van der Waals surface area contributed by atoms with Crippen LogP contribution in [0.15, 0.2) is 48.9 Å². The molecule has 0 amide bonds. The first-order valence-corrected chi connectivity index (χ1v) is 10.4. The van der Waals surface area contributed by atoms with E-state index in [4.69, 9.17) is 9.97 Å². The van der Waals surface area contributed by atoms with Crippen LogP contribution in [0.3, 0.4) is 0 Å². The maximum Gasteiger partial charge on any atom is 0.164 e. The normalized spacial score (nSPS) is 13.5. The number of hydrogen-bond acceptors (Lipinski definition) is 6. The molecule has 28 heavy (non-hydrogen) atoms. The largest absolute Gasteiger partial charge is 0.353 e. The second-order valence-electron chi connectivity index (χ2n) is 7.18. The van der Waals surface area contributed by atoms with E-state index in [2.05, 4.69) is 28.0 Å². The molecule has 0 spiro atoms. The molecule has 0 N–H and O–H groups in total. The van der Waals surface area contributed by atoms with E-state index < -0.39 is 0 Å². The van der Waals surface area contributed by atoms with Crippen molar-refractivity contribution < 1.29 is 0 Å². The van der Waals surface area contributed by atoms with Crippen LogP contribution in [0.4, 0.5) is 5.82 Å². The Labute approximate surface area is 168 Å². The molecule has 0 saturated carbocycles. The Balaban J connectivity index is 1.67. The standard InChI is InChI=1S/C22H21N5S/c1-27(14-16-8-4-5-12-24-16)21-19-17-9-2-3-10-18(17)28-22(19)26-20(25-21)15-7-6-11-23-13-15/h4-8,11-13H,2-3,9-10,14H2,1H3. The maximum atomic E-state index is 5.00. The van der Waals surface area contributed by atoms with E-state index >= 15 is 0 Å². The van der Waals surface area contributed by atoms with Crippen LogP contribution in [-0.4, -0.2) is 27.0 Å². The fourth-order valence-corrected chi connectivity index (χ4v) is 5.10. The summed E-state index contributed by atoms with van der Waals surface area (Å²) in [6, 6.07) is 9.98. The first-order chi connectivity index (χ1) is 13.8. The minimum absolute atomic E-state index is 0.712. The number of thiophene rings is 1. The highest BCUT2D eigenvalue weighted by atomic mass is 32.1. The lowest BCUT2D eigenvalue weighted by molar-refractivity contribution is 0.700. The fraction of sp³-hybridized carbons (Fsp3) is 0.273. The summed E-state index contributed by atoms with van der Waals surface area (Å²) in [4.78, 5) is 23.4. The number of fused-ring (bicyclic) bond motifs is 3. The summed E-state index contributed by atoms with van der Waals surface area (Å²) < 4.78 is 0. The molecule has 0 unspecified atom stereocenters. The van der Waals surface area contributed by atoms with Crippen LogP contribution < -0.4 is 4.90 Å². The second-order valence-corrected chi connectivity index (χ2v) is 8.26. The zero-order valence-corrected chi connectivity index (χ0v) is 16.6. The highest BCUT2D eigenvalue weighted by Gasteiger charge is 2.23. The summed E-state index contributed by atoms with van der Waals surface area (Å²) >= 11 is 1.83. The molecule has 140 valence electrons. The van der Waals surface area contributed by atoms with Gasteiger partial charge >= 0.3 is 0 Å². The Hall–Kier alpha value is -2.86. The highest BCUT2D eigenvalue weighted by Crippen LogP contribution is 2.40. The number of aryl methyl sites for hydroxylation is 2. The van der Waals surface area contributed by atoms with Gasteiger partial charge < -0.3 is 4.90 Å². The van der Waals surface area contributed by atoms with Crippen LogP contribution in [0.25, 0.3) is 21.6 Å². The smallest absolute Gasteiger partial charge is 0.164 e. The SMILES string of the molecule is CN(Cc1ccccn1)c1nc(-c2cccnc2)nc2sc3c(c12)CCCC3. The zero-order chi connectivity index (χ0) is 18.9. The van der Waals surface area contributed by atoms with E-state index in [0.29, 0.717) is 6.54 Å². The van der Waals surface area contributed by atoms with Gasteiger partial charge in [0.1, 0.15) is 10.6 Å². The van der Waals surface area contributed by atoms with Gasteiger partial charge in [-0.05, 0) is 55.5 Å². The highest BCUT2D eigenvalue weighted by molar-refractivity contribution is 7.19. The van der Waals surface area contributed by atoms with Gasteiger partial charge in [0, 0.05) is 36.1 Å². The Morgan fingerprint density at radius 2 is 1.96 bits per heavy atom. The molecule has 4 aromatic rings. The molecule has 5 nitrogen and oxygen atoms in total. The van der Waals surface area contributed by atoms with Crippen molar-refractivity contribution in [2.45, 2.75) is 32.2 Å². The number of hydrogen-bond donors (Lipinski definition) is 0. The van der Waals surface area contributed by atoms with Gasteiger partial charge in [-0.2, -0.15) is 0 Å². The molecule has 0 fully saturated rings. The van der Waals surface area contributed by atoms with Gasteiger partial charge in [-0.15, -0.1) is 11.3 Å². The minimum Gasteiger partial charge on any atom is -0.353 e. The van der Waals surface area contributed by atoms with Crippen molar-refractivity contribution in [2.75, 3.05) is 11.9 Å². The number of rotatable bonds is 4. The Morgan fingerprint density at radius 3 is 2.79 bits per heavy atom. The Bertz CT molecular complexity index is 1110. The third-order valence-corrected chi connectivity index (χ3v) is 6.39. The zero-order valence-electron chi connectivity index (χ0n) is 15.8. The van der Waals surface area contributed by atoms with Crippen molar-refractivity contribution in [1.29, 1.82) is 0 Å². The van der Waals surface area contributed by atoms with Crippen LogP contribution in [0.2, 0.25) is 0 Å². The van der Waals surface area contributed by atoms with E-state index in [1.165, 1.54) is 28.7 Å². The molecule has 0 aliphatic heterocycles. The molecule has 0 aromatic carbocycles. The summed E-state index contributed by atoms with van der Waals surface area (Å²) in [7, 11) is 2.09. The van der Waals surface area contributed by atoms with Gasteiger partial charge in [-0.25, -0.2) is 9.97 Å². The maximum absolute atomic E-state index is 5.00. The van der Waals surface area contributed by atoms with Gasteiger partial charge in [-0.1, -0.05) is 6.07 Å². The molecule has 1 aliphatic carbocycles. The van der Waals surface area contributed by atoms with Gasteiger partial charge in [-0.3, -0.25) is 9.97 Å². The van der Waals surface area contributed by atoms with Gasteiger partial charge in [0.05, 0.1) is 17.6 Å². The van der Waals surface area contributed by atoms with Crippen LogP contribution >= 0.6 is 11.3 Å². The Kier molecular flexibility index (Phi) is 4.49. The predicted molar refractivity (Wildman–Crippen MR) is 114 cm³/mol. The average Bonchev–Trinajstić information content (AvgIpc) is 3.13. The number of anilines is 1. The third-order valence-electron chi connectivity index (χ3n) is 5.20. The molecule has 1 aliphatic rings. The average molecular weight is 388 g/mol. The van der Waals surface area contributed by atoms with Crippen molar-refractivity contribution in [2.24, 2.45) is 0 Å². The number of pyridine rings is 2. The van der Waals surface area contributed by atoms with Crippen molar-refractivity contribution in [3.63, 3.8) is 0 Å². The van der Waals surface area contributed by atoms with Crippen molar-refractivity contribution in [3.8, 4) is 11.4 Å². The summed E-state index contributed by atoms with van der Waals surface area (Å²) in [5.74, 6) is 1.73. The number of aromatic nitrogens is 4. The molecule has 0 atom stereocenters. The van der Waals surface area contributed by atoms with E-state index in [1.807, 2.05) is 48.0 Å². The van der Waals surface area contributed by atoms with E-state index in [1.54, 1.807) is 6.20 Å². The fourth-order valence-electron chi connectivity index (χ4n) is 3.85. The molecule has 0 saturated heterocycles. The van der Waals surface area contributed by atoms with Crippen LogP contribution in [0, 0.1) is 0 Å². The molecular weight excluding hydrogens is 366 g/mol. The molecule has 4 heterocycles. The van der Waals surface area contributed by atoms with Gasteiger partial charge in [0.25, 0.3) is 0 Å². The van der Waals surface area contributed by atoms with E-state index in [0.717, 1.165) is 40.6 Å². The summed E-state index contributed by atoms with van der Waals surface area (Å²) in [5.41, 5.74) is 3.43. The summed E-state index contributed by atoms with van der Waals surface area (Å²) in [6.45, 7) is 0.712. The number of nitrogens with zero attached hydrogens (tertiary/aromatic N) is 5. The summed E-state index contributed by atoms with van der Waals surface area (Å²) in [6.07, 6.45) is 10.2. The molecule has 0 radical (unpaired) electrons. The lowest BCUT2D eigenvalue weighted by Crippen LogP contribution is -2.19. The van der Waals surface area contributed by atoms with Crippen molar-refractivity contribution in [3.05, 3.63) is 65.1 Å². The van der Waals surface area contributed by atoms with E-state index in [-0.39, 0.29) is 0 Å². The molecular formula is C22H21N5S. The van der Waals surface area contributed by atoms with Crippen LogP contribution in [0.1, 0.15) is 29.0 Å². The van der Waals surface area contributed by atoms with E-state index in [9.17, 15) is 0 Å². The second kappa shape index (κ2) is 7.28. The Morgan fingerprint density at radius 1 is 1.04 bits per heavy atom. The first-order valence-electron chi connectivity index (χ1n) is 9.63. The van der Waals surface area contributed by atoms with Crippen LogP contribution in [-0.2, 0) is 19.4 Å². The lowest BCUT2D eigenvalue weighted by atomic mass is 9.97. The van der Waals surface area contributed by atoms with Gasteiger partial charge in [0.2, 0.25) is 0 Å². The topological polar surface area (TPSA) is 54.8 Å². The monoisotopic (exact) mass is 387 g/mol. The minimum atomic E-state index is 0.712. The third kappa shape index (κ3) is 3.14. The predicted octanol–water partition coefficient (Wildman–Crippen LogP) is 4.66. The van der Waals surface area contributed by atoms with Crippen LogP contribution in [0.5, 0.6) is 0 Å². The quantitative estimate of drug-likeness (QED) is 0.510.